The summed E-state index contributed by atoms with van der Waals surface area (Å²) in [6.07, 6.45) is 0. The summed E-state index contributed by atoms with van der Waals surface area (Å²) >= 11 is 0. The highest BCUT2D eigenvalue weighted by Gasteiger charge is 2.23. The van der Waals surface area contributed by atoms with Crippen molar-refractivity contribution in [2.45, 2.75) is 41.5 Å². The van der Waals surface area contributed by atoms with Crippen LogP contribution in [0.25, 0.3) is 0 Å². The molecule has 0 aromatic heterocycles. The molecule has 0 saturated carbocycles. The van der Waals surface area contributed by atoms with Crippen LogP contribution >= 0.6 is 0 Å². The highest BCUT2D eigenvalue weighted by Crippen LogP contribution is 2.47. The van der Waals surface area contributed by atoms with E-state index in [9.17, 15) is 15.3 Å². The highest BCUT2D eigenvalue weighted by atomic mass is 16.5. The van der Waals surface area contributed by atoms with E-state index in [1.807, 2.05) is 95.0 Å². The van der Waals surface area contributed by atoms with Crippen molar-refractivity contribution in [1.29, 1.82) is 0 Å². The Bertz CT molecular complexity index is 1370. The van der Waals surface area contributed by atoms with Crippen molar-refractivity contribution in [2.75, 3.05) is 4.90 Å². The number of anilines is 3. The summed E-state index contributed by atoms with van der Waals surface area (Å²) in [4.78, 5) is 1.99. The van der Waals surface area contributed by atoms with Gasteiger partial charge in [-0.3, -0.25) is 0 Å². The minimum Gasteiger partial charge on any atom is -0.508 e. The van der Waals surface area contributed by atoms with Gasteiger partial charge < -0.3 is 25.0 Å². The maximum atomic E-state index is 10.6. The van der Waals surface area contributed by atoms with Crippen molar-refractivity contribution in [3.63, 3.8) is 0 Å². The van der Waals surface area contributed by atoms with Gasteiger partial charge >= 0.3 is 0 Å². The lowest BCUT2D eigenvalue weighted by Gasteiger charge is -2.30. The minimum absolute atomic E-state index is 0.183. The normalized spacial score (nSPS) is 10.9. The molecule has 0 saturated heterocycles. The molecule has 0 fully saturated rings. The van der Waals surface area contributed by atoms with Crippen LogP contribution in [0.4, 0.5) is 17.1 Å². The number of phenols is 3. The lowest BCUT2D eigenvalue weighted by Crippen LogP contribution is -2.14. The maximum absolute atomic E-state index is 10.6. The molecule has 0 aliphatic carbocycles. The van der Waals surface area contributed by atoms with Gasteiger partial charge in [0.2, 0.25) is 0 Å². The minimum atomic E-state index is 0.183. The van der Waals surface area contributed by atoms with Crippen LogP contribution in [-0.4, -0.2) is 15.3 Å². The average molecular weight is 470 g/mol. The largest absolute Gasteiger partial charge is 0.508 e. The lowest BCUT2D eigenvalue weighted by molar-refractivity contribution is 0.445. The summed E-state index contributed by atoms with van der Waals surface area (Å²) in [5.74, 6) is 1.69. The summed E-state index contributed by atoms with van der Waals surface area (Å²) in [6.45, 7) is 11.4. The first-order valence-electron chi connectivity index (χ1n) is 11.5. The van der Waals surface area contributed by atoms with Crippen LogP contribution in [0.15, 0.2) is 60.7 Å². The SMILES string of the molecule is Cc1cc(C)c(N(c2cc(O)c(C)cc2C)c2ccccc2Oc2ccc(C)c(O)c2C)cc1O. The lowest BCUT2D eigenvalue weighted by atomic mass is 10.0. The molecule has 5 heteroatoms. The molecule has 0 atom stereocenters. The van der Waals surface area contributed by atoms with Gasteiger partial charge in [0, 0.05) is 17.7 Å². The van der Waals surface area contributed by atoms with E-state index in [2.05, 4.69) is 0 Å². The third kappa shape index (κ3) is 4.50. The van der Waals surface area contributed by atoms with Gasteiger partial charge in [0.05, 0.1) is 17.1 Å². The van der Waals surface area contributed by atoms with Gasteiger partial charge in [-0.2, -0.15) is 0 Å². The molecule has 4 rings (SSSR count). The fourth-order valence-corrected chi connectivity index (χ4v) is 4.31. The van der Waals surface area contributed by atoms with Crippen molar-refractivity contribution in [2.24, 2.45) is 0 Å². The van der Waals surface area contributed by atoms with Crippen LogP contribution in [0.3, 0.4) is 0 Å². The van der Waals surface area contributed by atoms with E-state index in [-0.39, 0.29) is 17.2 Å². The number of para-hydroxylation sites is 2. The number of rotatable bonds is 5. The molecule has 180 valence electrons. The molecule has 0 aliphatic heterocycles. The van der Waals surface area contributed by atoms with Gasteiger partial charge in [0.15, 0.2) is 5.75 Å². The Morgan fingerprint density at radius 1 is 0.543 bits per heavy atom. The van der Waals surface area contributed by atoms with Crippen LogP contribution in [0.2, 0.25) is 0 Å². The number of aromatic hydroxyl groups is 3. The first kappa shape index (κ1) is 24.0. The summed E-state index contributed by atoms with van der Waals surface area (Å²) in [5, 5.41) is 31.6. The molecule has 0 radical (unpaired) electrons. The van der Waals surface area contributed by atoms with E-state index < -0.39 is 0 Å². The van der Waals surface area contributed by atoms with Crippen LogP contribution in [0.5, 0.6) is 28.7 Å². The molecule has 35 heavy (non-hydrogen) atoms. The summed E-state index contributed by atoms with van der Waals surface area (Å²) in [6, 6.07) is 18.6. The quantitative estimate of drug-likeness (QED) is 0.277. The Labute approximate surface area is 206 Å². The van der Waals surface area contributed by atoms with Crippen molar-refractivity contribution in [1.82, 2.24) is 0 Å². The molecule has 0 bridgehead atoms. The number of hydrogen-bond acceptors (Lipinski definition) is 5. The van der Waals surface area contributed by atoms with Crippen LogP contribution < -0.4 is 9.64 Å². The van der Waals surface area contributed by atoms with E-state index in [1.165, 1.54) is 0 Å². The molecular formula is C30H31NO4. The second-order valence-corrected chi connectivity index (χ2v) is 9.11. The third-order valence-corrected chi connectivity index (χ3v) is 6.42. The Balaban J connectivity index is 1.96. The van der Waals surface area contributed by atoms with Crippen LogP contribution in [-0.2, 0) is 0 Å². The predicted molar refractivity (Wildman–Crippen MR) is 141 cm³/mol. The monoisotopic (exact) mass is 469 g/mol. The highest BCUT2D eigenvalue weighted by molar-refractivity contribution is 5.84. The Hall–Kier alpha value is -4.12. The van der Waals surface area contributed by atoms with Gasteiger partial charge in [-0.05, 0) is 87.6 Å². The number of nitrogens with zero attached hydrogens (tertiary/aromatic N) is 1. The first-order chi connectivity index (χ1) is 16.6. The molecule has 0 unspecified atom stereocenters. The molecule has 3 N–H and O–H groups in total. The zero-order chi connectivity index (χ0) is 25.4. The summed E-state index contributed by atoms with van der Waals surface area (Å²) in [5.41, 5.74) is 7.16. The molecule has 4 aromatic carbocycles. The average Bonchev–Trinajstić information content (AvgIpc) is 2.82. The van der Waals surface area contributed by atoms with Crippen LogP contribution in [0.1, 0.15) is 33.4 Å². The Morgan fingerprint density at radius 3 is 1.66 bits per heavy atom. The first-order valence-corrected chi connectivity index (χ1v) is 11.5. The number of benzene rings is 4. The summed E-state index contributed by atoms with van der Waals surface area (Å²) < 4.78 is 6.36. The predicted octanol–water partition coefficient (Wildman–Crippen LogP) is 7.92. The van der Waals surface area contributed by atoms with E-state index in [0.717, 1.165) is 44.9 Å². The smallest absolute Gasteiger partial charge is 0.151 e. The van der Waals surface area contributed by atoms with Crippen molar-refractivity contribution >= 4 is 17.1 Å². The van der Waals surface area contributed by atoms with E-state index in [1.54, 1.807) is 12.1 Å². The number of phenolic OH excluding ortho intramolecular Hbond substituents is 3. The maximum Gasteiger partial charge on any atom is 0.151 e. The van der Waals surface area contributed by atoms with Gasteiger partial charge in [0.25, 0.3) is 0 Å². The Morgan fingerprint density at radius 2 is 1.09 bits per heavy atom. The summed E-state index contributed by atoms with van der Waals surface area (Å²) in [7, 11) is 0. The molecular weight excluding hydrogens is 438 g/mol. The zero-order valence-corrected chi connectivity index (χ0v) is 21.0. The molecule has 5 nitrogen and oxygen atoms in total. The molecule has 0 spiro atoms. The second-order valence-electron chi connectivity index (χ2n) is 9.11. The van der Waals surface area contributed by atoms with Gasteiger partial charge in [-0.15, -0.1) is 0 Å². The topological polar surface area (TPSA) is 73.2 Å². The number of hydrogen-bond donors (Lipinski definition) is 3. The van der Waals surface area contributed by atoms with Crippen molar-refractivity contribution < 1.29 is 20.1 Å². The number of aryl methyl sites for hydroxylation is 5. The number of ether oxygens (including phenoxy) is 1. The van der Waals surface area contributed by atoms with Gasteiger partial charge in [-0.25, -0.2) is 0 Å². The second kappa shape index (κ2) is 9.26. The molecule has 4 aromatic rings. The van der Waals surface area contributed by atoms with Gasteiger partial charge in [0.1, 0.15) is 23.0 Å². The fourth-order valence-electron chi connectivity index (χ4n) is 4.31. The van der Waals surface area contributed by atoms with E-state index in [4.69, 9.17) is 4.74 Å². The fraction of sp³-hybridized carbons (Fsp3) is 0.200. The molecule has 0 heterocycles. The molecule has 0 amide bonds. The zero-order valence-electron chi connectivity index (χ0n) is 21.0. The van der Waals surface area contributed by atoms with E-state index in [0.29, 0.717) is 17.1 Å². The molecule has 0 aliphatic rings. The van der Waals surface area contributed by atoms with Crippen molar-refractivity contribution in [3.8, 4) is 28.7 Å². The third-order valence-electron chi connectivity index (χ3n) is 6.42. The van der Waals surface area contributed by atoms with Crippen molar-refractivity contribution in [3.05, 3.63) is 94.0 Å². The van der Waals surface area contributed by atoms with Crippen LogP contribution in [0, 0.1) is 41.5 Å². The Kier molecular flexibility index (Phi) is 6.35. The van der Waals surface area contributed by atoms with Gasteiger partial charge in [-0.1, -0.05) is 30.3 Å². The van der Waals surface area contributed by atoms with E-state index >= 15 is 0 Å². The standard InChI is InChI=1S/C30H31NO4/c1-17-11-12-28(22(6)30(17)34)35-29-10-8-7-9-23(29)31(24-15-26(32)20(4)13-18(24)2)25-16-27(33)21(5)14-19(25)3/h7-16,32-34H,1-6H3.